The Balaban J connectivity index is 1.67. The molecule has 1 amide bonds. The van der Waals surface area contributed by atoms with Crippen LogP contribution < -0.4 is 21.1 Å². The molecular formula is C23H24N6O3. The molecule has 9 nitrogen and oxygen atoms in total. The molecule has 1 aromatic carbocycles. The number of nitrogens with zero attached hydrogens (tertiary/aromatic N) is 2. The fourth-order valence-electron chi connectivity index (χ4n) is 3.62. The molecule has 32 heavy (non-hydrogen) atoms. The van der Waals surface area contributed by atoms with Crippen molar-refractivity contribution in [3.63, 3.8) is 0 Å². The number of anilines is 2. The fourth-order valence-corrected chi connectivity index (χ4v) is 3.62. The molecule has 0 radical (unpaired) electrons. The van der Waals surface area contributed by atoms with Crippen molar-refractivity contribution in [1.82, 2.24) is 15.3 Å². The molecule has 0 unspecified atom stereocenters. The van der Waals surface area contributed by atoms with Gasteiger partial charge < -0.3 is 30.9 Å². The number of benzene rings is 1. The highest BCUT2D eigenvalue weighted by atomic mass is 16.5. The lowest BCUT2D eigenvalue weighted by molar-refractivity contribution is 0.102. The zero-order chi connectivity index (χ0) is 22.9. The second-order valence-corrected chi connectivity index (χ2v) is 8.04. The van der Waals surface area contributed by atoms with E-state index in [0.29, 0.717) is 34.6 Å². The third kappa shape index (κ3) is 4.18. The summed E-state index contributed by atoms with van der Waals surface area (Å²) in [6, 6.07) is 7.05. The Morgan fingerprint density at radius 2 is 2.12 bits per heavy atom. The maximum atomic E-state index is 13.0. The predicted octanol–water partition coefficient (Wildman–Crippen LogP) is 3.49. The van der Waals surface area contributed by atoms with Crippen molar-refractivity contribution in [1.29, 1.82) is 5.41 Å². The van der Waals surface area contributed by atoms with Gasteiger partial charge in [0, 0.05) is 60.0 Å². The molecular weight excluding hydrogens is 408 g/mol. The van der Waals surface area contributed by atoms with E-state index in [1.54, 1.807) is 31.6 Å². The quantitative estimate of drug-likeness (QED) is 0.437. The van der Waals surface area contributed by atoms with E-state index in [9.17, 15) is 4.79 Å². The summed E-state index contributed by atoms with van der Waals surface area (Å²) >= 11 is 0. The second-order valence-electron chi connectivity index (χ2n) is 8.04. The molecule has 3 aromatic rings. The average Bonchev–Trinajstić information content (AvgIpc) is 3.35. The minimum absolute atomic E-state index is 0.118. The van der Waals surface area contributed by atoms with Crippen molar-refractivity contribution in [3.8, 4) is 17.2 Å². The van der Waals surface area contributed by atoms with Crippen LogP contribution in [0, 0.1) is 5.41 Å². The number of pyridine rings is 1. The molecule has 164 valence electrons. The molecule has 0 saturated carbocycles. The molecule has 3 heterocycles. The summed E-state index contributed by atoms with van der Waals surface area (Å²) in [5.41, 5.74) is 8.90. The van der Waals surface area contributed by atoms with Gasteiger partial charge in [-0.15, -0.1) is 0 Å². The Bertz CT molecular complexity index is 1230. The van der Waals surface area contributed by atoms with E-state index in [1.807, 2.05) is 26.0 Å². The van der Waals surface area contributed by atoms with Gasteiger partial charge in [-0.25, -0.2) is 9.97 Å². The number of hydrogen-bond acceptors (Lipinski definition) is 8. The largest absolute Gasteiger partial charge is 0.487 e. The van der Waals surface area contributed by atoms with Crippen LogP contribution in [0.3, 0.4) is 0 Å². The number of ether oxygens (including phenoxy) is 1. The third-order valence-electron chi connectivity index (χ3n) is 4.98. The molecule has 1 aliphatic heterocycles. The Labute approximate surface area is 185 Å². The first-order valence-corrected chi connectivity index (χ1v) is 10.0. The van der Waals surface area contributed by atoms with Crippen molar-refractivity contribution in [2.75, 3.05) is 18.1 Å². The number of allylic oxidation sites excluding steroid dienone is 1. The number of nitrogens with two attached hydrogens (primary N) is 1. The van der Waals surface area contributed by atoms with Crippen LogP contribution in [0.5, 0.6) is 5.75 Å². The van der Waals surface area contributed by atoms with E-state index in [4.69, 9.17) is 20.3 Å². The third-order valence-corrected chi connectivity index (χ3v) is 4.98. The van der Waals surface area contributed by atoms with Gasteiger partial charge in [-0.05, 0) is 38.1 Å². The topological polar surface area (TPSA) is 139 Å². The normalized spacial score (nSPS) is 14.4. The molecule has 0 spiro atoms. The first-order chi connectivity index (χ1) is 15.3. The van der Waals surface area contributed by atoms with E-state index in [1.165, 1.54) is 12.5 Å². The molecule has 5 N–H and O–H groups in total. The molecule has 0 bridgehead atoms. The van der Waals surface area contributed by atoms with E-state index in [-0.39, 0.29) is 17.2 Å². The van der Waals surface area contributed by atoms with Crippen LogP contribution in [-0.2, 0) is 6.42 Å². The number of fused-ring (bicyclic) bond motifs is 1. The molecule has 0 fully saturated rings. The van der Waals surface area contributed by atoms with Gasteiger partial charge in [0.25, 0.3) is 5.91 Å². The maximum Gasteiger partial charge on any atom is 0.277 e. The first-order valence-electron chi connectivity index (χ1n) is 10.0. The first kappa shape index (κ1) is 21.1. The van der Waals surface area contributed by atoms with Gasteiger partial charge in [-0.2, -0.15) is 0 Å². The van der Waals surface area contributed by atoms with Gasteiger partial charge in [0.15, 0.2) is 5.69 Å². The van der Waals surface area contributed by atoms with Crippen LogP contribution in [-0.4, -0.2) is 34.7 Å². The molecule has 0 atom stereocenters. The second kappa shape index (κ2) is 8.18. The van der Waals surface area contributed by atoms with Crippen molar-refractivity contribution in [2.45, 2.75) is 25.9 Å². The van der Waals surface area contributed by atoms with Gasteiger partial charge in [-0.3, -0.25) is 4.79 Å². The van der Waals surface area contributed by atoms with E-state index in [2.05, 4.69) is 20.6 Å². The monoisotopic (exact) mass is 432 g/mol. The molecule has 9 heteroatoms. The molecule has 4 rings (SSSR count). The van der Waals surface area contributed by atoms with Gasteiger partial charge in [0.05, 0.1) is 0 Å². The Hall–Kier alpha value is -4.14. The lowest BCUT2D eigenvalue weighted by atomic mass is 9.97. The SMILES string of the molecule is CN/C=C(\C=N)c1cc2c(cc1NC(=O)c1coc(-c3ccnc(N)c3)n1)CC(C)(C)O2. The van der Waals surface area contributed by atoms with Crippen molar-refractivity contribution >= 4 is 29.2 Å². The number of oxazole rings is 1. The smallest absolute Gasteiger partial charge is 0.277 e. The summed E-state index contributed by atoms with van der Waals surface area (Å²) in [6.07, 6.45) is 6.45. The summed E-state index contributed by atoms with van der Waals surface area (Å²) < 4.78 is 11.5. The summed E-state index contributed by atoms with van der Waals surface area (Å²) in [5, 5.41) is 13.6. The summed E-state index contributed by atoms with van der Waals surface area (Å²) in [7, 11) is 1.75. The number of rotatable bonds is 6. The van der Waals surface area contributed by atoms with Crippen molar-refractivity contribution in [3.05, 3.63) is 59.7 Å². The molecule has 0 saturated heterocycles. The lowest BCUT2D eigenvalue weighted by Gasteiger charge is -2.17. The molecule has 2 aromatic heterocycles. The zero-order valence-corrected chi connectivity index (χ0v) is 18.0. The number of hydrogen-bond donors (Lipinski definition) is 4. The Kier molecular flexibility index (Phi) is 5.40. The van der Waals surface area contributed by atoms with Gasteiger partial charge in [0.2, 0.25) is 5.89 Å². The fraction of sp³-hybridized carbons (Fsp3) is 0.217. The lowest BCUT2D eigenvalue weighted by Crippen LogP contribution is -2.24. The van der Waals surface area contributed by atoms with Gasteiger partial charge in [0.1, 0.15) is 23.4 Å². The van der Waals surface area contributed by atoms with Gasteiger partial charge in [-0.1, -0.05) is 0 Å². The predicted molar refractivity (Wildman–Crippen MR) is 123 cm³/mol. The van der Waals surface area contributed by atoms with Gasteiger partial charge >= 0.3 is 0 Å². The highest BCUT2D eigenvalue weighted by Gasteiger charge is 2.31. The van der Waals surface area contributed by atoms with E-state index < -0.39 is 5.91 Å². The number of aromatic nitrogens is 2. The highest BCUT2D eigenvalue weighted by molar-refractivity contribution is 6.13. The number of nitrogen functional groups attached to an aromatic ring is 1. The average molecular weight is 432 g/mol. The minimum atomic E-state index is -0.435. The molecule has 1 aliphatic rings. The molecule has 0 aliphatic carbocycles. The summed E-state index contributed by atoms with van der Waals surface area (Å²) in [6.45, 7) is 4.02. The minimum Gasteiger partial charge on any atom is -0.487 e. The van der Waals surface area contributed by atoms with E-state index in [0.717, 1.165) is 11.3 Å². The zero-order valence-electron chi connectivity index (χ0n) is 18.0. The summed E-state index contributed by atoms with van der Waals surface area (Å²) in [5.74, 6) is 0.903. The van der Waals surface area contributed by atoms with Crippen LogP contribution in [0.4, 0.5) is 11.5 Å². The number of amides is 1. The van der Waals surface area contributed by atoms with Crippen LogP contribution in [0.15, 0.2) is 47.3 Å². The Morgan fingerprint density at radius 3 is 2.84 bits per heavy atom. The van der Waals surface area contributed by atoms with E-state index >= 15 is 0 Å². The highest BCUT2D eigenvalue weighted by Crippen LogP contribution is 2.40. The van der Waals surface area contributed by atoms with Crippen LogP contribution >= 0.6 is 0 Å². The van der Waals surface area contributed by atoms with Crippen LogP contribution in [0.2, 0.25) is 0 Å². The standard InChI is InChI=1S/C23H24N6O3/c1-23(2)9-14-6-17(16(8-19(14)32-23)15(10-24)11-26-3)28-21(30)18-12-31-22(29-18)13-4-5-27-20(25)7-13/h4-8,10-12,24,26H,9H2,1-3H3,(H2,25,27)(H,28,30)/b15-11+,24-10?. The van der Waals surface area contributed by atoms with Crippen molar-refractivity contribution in [2.24, 2.45) is 0 Å². The summed E-state index contributed by atoms with van der Waals surface area (Å²) in [4.78, 5) is 21.2. The number of nitrogens with one attached hydrogen (secondary N) is 3. The van der Waals surface area contributed by atoms with Crippen molar-refractivity contribution < 1.29 is 13.9 Å². The number of carbonyl (C=O) groups is 1. The number of carbonyl (C=O) groups excluding carboxylic acids is 1. The van der Waals surface area contributed by atoms with Crippen LogP contribution in [0.25, 0.3) is 17.0 Å². The van der Waals surface area contributed by atoms with Crippen LogP contribution in [0.1, 0.15) is 35.5 Å². The maximum absolute atomic E-state index is 13.0. The Morgan fingerprint density at radius 1 is 1.31 bits per heavy atom.